The summed E-state index contributed by atoms with van der Waals surface area (Å²) in [6.45, 7) is 2.29. The standard InChI is InChI=1S/C27H26N4O3S2/c1-16-4-13-21-22(14-16)36-25-23(21)24(32)30(18-7-11-20(34-3)12-8-18)26-28-29-27(31(25)26)35-15-17-5-9-19(33-2)10-6-17/h5-12,16H,4,13-15H2,1-3H3/t16-/m0/s1. The lowest BCUT2D eigenvalue weighted by molar-refractivity contribution is 0.414. The number of hydrogen-bond acceptors (Lipinski definition) is 7. The molecule has 0 radical (unpaired) electrons. The van der Waals surface area contributed by atoms with Gasteiger partial charge in [-0.2, -0.15) is 0 Å². The average Bonchev–Trinajstić information content (AvgIpc) is 3.49. The summed E-state index contributed by atoms with van der Waals surface area (Å²) in [5, 5.41) is 10.6. The van der Waals surface area contributed by atoms with E-state index in [0.29, 0.717) is 11.7 Å². The Bertz CT molecular complexity index is 1620. The molecule has 1 aliphatic rings. The van der Waals surface area contributed by atoms with E-state index >= 15 is 0 Å². The minimum atomic E-state index is -0.0335. The number of methoxy groups -OCH3 is 2. The van der Waals surface area contributed by atoms with Crippen molar-refractivity contribution in [1.82, 2.24) is 19.2 Å². The quantitative estimate of drug-likeness (QED) is 0.275. The van der Waals surface area contributed by atoms with Gasteiger partial charge in [0.1, 0.15) is 16.3 Å². The molecule has 0 saturated carbocycles. The normalized spacial score (nSPS) is 15.4. The predicted octanol–water partition coefficient (Wildman–Crippen LogP) is 5.53. The molecular weight excluding hydrogens is 492 g/mol. The molecule has 0 N–H and O–H groups in total. The molecular formula is C27H26N4O3S2. The van der Waals surface area contributed by atoms with Gasteiger partial charge < -0.3 is 9.47 Å². The maximum atomic E-state index is 14.0. The molecule has 0 amide bonds. The van der Waals surface area contributed by atoms with Gasteiger partial charge in [-0.15, -0.1) is 21.5 Å². The molecule has 3 aromatic heterocycles. The Balaban J connectivity index is 1.53. The SMILES string of the molecule is COc1ccc(CSc2nnc3n(-c4ccc(OC)cc4)c(=O)c4c5c(sc4n23)C[C@@H](C)CC5)cc1. The second kappa shape index (κ2) is 9.29. The van der Waals surface area contributed by atoms with Gasteiger partial charge in [0.15, 0.2) is 5.16 Å². The van der Waals surface area contributed by atoms with E-state index in [1.165, 1.54) is 10.4 Å². The van der Waals surface area contributed by atoms with Crippen molar-refractivity contribution >= 4 is 39.1 Å². The molecule has 0 bridgehead atoms. The Labute approximate surface area is 216 Å². The number of aromatic nitrogens is 4. The Morgan fingerprint density at radius 1 is 1.03 bits per heavy atom. The summed E-state index contributed by atoms with van der Waals surface area (Å²) in [5.41, 5.74) is 3.07. The van der Waals surface area contributed by atoms with Crippen LogP contribution in [0.2, 0.25) is 0 Å². The Kier molecular flexibility index (Phi) is 5.97. The largest absolute Gasteiger partial charge is 0.497 e. The molecule has 9 heteroatoms. The van der Waals surface area contributed by atoms with Crippen LogP contribution >= 0.6 is 23.1 Å². The fourth-order valence-electron chi connectivity index (χ4n) is 4.83. The molecule has 2 aromatic carbocycles. The van der Waals surface area contributed by atoms with Gasteiger partial charge in [-0.05, 0) is 72.7 Å². The van der Waals surface area contributed by atoms with Gasteiger partial charge in [0.2, 0.25) is 5.78 Å². The molecule has 0 spiro atoms. The summed E-state index contributed by atoms with van der Waals surface area (Å²) >= 11 is 3.34. The maximum absolute atomic E-state index is 14.0. The zero-order valence-electron chi connectivity index (χ0n) is 20.4. The van der Waals surface area contributed by atoms with E-state index in [9.17, 15) is 4.79 Å². The number of thiophene rings is 1. The number of nitrogens with zero attached hydrogens (tertiary/aromatic N) is 4. The van der Waals surface area contributed by atoms with Crippen LogP contribution in [0, 0.1) is 5.92 Å². The third-order valence-corrected chi connectivity index (χ3v) is 9.03. The molecule has 7 nitrogen and oxygen atoms in total. The van der Waals surface area contributed by atoms with Crippen LogP contribution in [0.25, 0.3) is 21.7 Å². The summed E-state index contributed by atoms with van der Waals surface area (Å²) in [5.74, 6) is 3.45. The van der Waals surface area contributed by atoms with Gasteiger partial charge >= 0.3 is 0 Å². The Morgan fingerprint density at radius 3 is 2.42 bits per heavy atom. The van der Waals surface area contributed by atoms with Crippen LogP contribution in [0.3, 0.4) is 0 Å². The van der Waals surface area contributed by atoms with E-state index in [4.69, 9.17) is 9.47 Å². The topological polar surface area (TPSA) is 70.7 Å². The zero-order valence-corrected chi connectivity index (χ0v) is 22.0. The van der Waals surface area contributed by atoms with Crippen molar-refractivity contribution in [2.24, 2.45) is 5.92 Å². The van der Waals surface area contributed by atoms with Gasteiger partial charge in [-0.25, -0.2) is 8.97 Å². The van der Waals surface area contributed by atoms with Crippen molar-refractivity contribution in [3.8, 4) is 17.2 Å². The van der Waals surface area contributed by atoms with Gasteiger partial charge in [-0.3, -0.25) is 4.79 Å². The number of aryl methyl sites for hydroxylation is 1. The molecule has 3 heterocycles. The predicted molar refractivity (Wildman–Crippen MR) is 144 cm³/mol. The van der Waals surface area contributed by atoms with Crippen LogP contribution in [0.4, 0.5) is 0 Å². The monoisotopic (exact) mass is 518 g/mol. The Hall–Kier alpha value is -3.30. The van der Waals surface area contributed by atoms with Crippen LogP contribution in [-0.4, -0.2) is 33.4 Å². The van der Waals surface area contributed by atoms with E-state index in [1.54, 1.807) is 41.9 Å². The first-order chi connectivity index (χ1) is 17.6. The van der Waals surface area contributed by atoms with E-state index in [-0.39, 0.29) is 5.56 Å². The van der Waals surface area contributed by atoms with Crippen molar-refractivity contribution in [1.29, 1.82) is 0 Å². The molecule has 5 aromatic rings. The lowest BCUT2D eigenvalue weighted by Gasteiger charge is -2.17. The molecule has 36 heavy (non-hydrogen) atoms. The lowest BCUT2D eigenvalue weighted by Crippen LogP contribution is -2.22. The van der Waals surface area contributed by atoms with Crippen LogP contribution in [0.1, 0.15) is 29.3 Å². The van der Waals surface area contributed by atoms with Crippen LogP contribution in [0.15, 0.2) is 58.5 Å². The number of hydrogen-bond donors (Lipinski definition) is 0. The second-order valence-electron chi connectivity index (χ2n) is 9.13. The average molecular weight is 519 g/mol. The highest BCUT2D eigenvalue weighted by Crippen LogP contribution is 2.38. The molecule has 0 aliphatic heterocycles. The van der Waals surface area contributed by atoms with Gasteiger partial charge in [0.05, 0.1) is 25.3 Å². The molecule has 184 valence electrons. The first kappa shape index (κ1) is 23.1. The third-order valence-electron chi connectivity index (χ3n) is 6.79. The minimum absolute atomic E-state index is 0.0335. The maximum Gasteiger partial charge on any atom is 0.268 e. The van der Waals surface area contributed by atoms with E-state index < -0.39 is 0 Å². The molecule has 6 rings (SSSR count). The molecule has 0 unspecified atom stereocenters. The van der Waals surface area contributed by atoms with Gasteiger partial charge in [0.25, 0.3) is 5.56 Å². The van der Waals surface area contributed by atoms with Crippen molar-refractivity contribution in [3.63, 3.8) is 0 Å². The summed E-state index contributed by atoms with van der Waals surface area (Å²) in [7, 11) is 3.30. The van der Waals surface area contributed by atoms with E-state index in [1.807, 2.05) is 36.4 Å². The Morgan fingerprint density at radius 2 is 1.72 bits per heavy atom. The van der Waals surface area contributed by atoms with Crippen LogP contribution in [-0.2, 0) is 18.6 Å². The number of benzene rings is 2. The highest BCUT2D eigenvalue weighted by atomic mass is 32.2. The lowest BCUT2D eigenvalue weighted by atomic mass is 9.89. The summed E-state index contributed by atoms with van der Waals surface area (Å²) in [4.78, 5) is 16.3. The molecule has 1 aliphatic carbocycles. The number of rotatable bonds is 6. The molecule has 0 fully saturated rings. The number of ether oxygens (including phenoxy) is 2. The van der Waals surface area contributed by atoms with Crippen molar-refractivity contribution in [2.75, 3.05) is 14.2 Å². The molecule has 1 atom stereocenters. The summed E-state index contributed by atoms with van der Waals surface area (Å²) in [6, 6.07) is 15.6. The van der Waals surface area contributed by atoms with Crippen molar-refractivity contribution in [2.45, 2.75) is 37.1 Å². The first-order valence-electron chi connectivity index (χ1n) is 11.9. The zero-order chi connectivity index (χ0) is 24.8. The van der Waals surface area contributed by atoms with E-state index in [2.05, 4.69) is 33.7 Å². The van der Waals surface area contributed by atoms with Crippen molar-refractivity contribution < 1.29 is 9.47 Å². The van der Waals surface area contributed by atoms with E-state index in [0.717, 1.165) is 63.1 Å². The van der Waals surface area contributed by atoms with Gasteiger partial charge in [-0.1, -0.05) is 30.8 Å². The highest BCUT2D eigenvalue weighted by molar-refractivity contribution is 7.98. The first-order valence-corrected chi connectivity index (χ1v) is 13.7. The van der Waals surface area contributed by atoms with Crippen molar-refractivity contribution in [3.05, 3.63) is 74.9 Å². The van der Waals surface area contributed by atoms with Crippen LogP contribution in [0.5, 0.6) is 11.5 Å². The molecule has 0 saturated heterocycles. The fourth-order valence-corrected chi connectivity index (χ4v) is 7.28. The van der Waals surface area contributed by atoms with Crippen LogP contribution < -0.4 is 15.0 Å². The highest BCUT2D eigenvalue weighted by Gasteiger charge is 2.27. The fraction of sp³-hybridized carbons (Fsp3) is 0.296. The number of fused-ring (bicyclic) bond motifs is 5. The summed E-state index contributed by atoms with van der Waals surface area (Å²) < 4.78 is 14.4. The summed E-state index contributed by atoms with van der Waals surface area (Å²) in [6.07, 6.45) is 3.03. The second-order valence-corrected chi connectivity index (χ2v) is 11.2. The number of thioether (sulfide) groups is 1. The smallest absolute Gasteiger partial charge is 0.268 e. The van der Waals surface area contributed by atoms with Gasteiger partial charge in [0, 0.05) is 10.6 Å². The third kappa shape index (κ3) is 3.87. The minimum Gasteiger partial charge on any atom is -0.497 e.